The summed E-state index contributed by atoms with van der Waals surface area (Å²) in [5, 5.41) is 69.9. The third-order valence-electron chi connectivity index (χ3n) is 2.14. The zero-order chi connectivity index (χ0) is 38.4. The summed E-state index contributed by atoms with van der Waals surface area (Å²) in [7, 11) is -2.11. The first kappa shape index (κ1) is 71.4. The molecule has 0 spiro atoms. The first-order valence-corrected chi connectivity index (χ1v) is 15.5. The molecule has 0 aromatic heterocycles. The van der Waals surface area contributed by atoms with Crippen molar-refractivity contribution in [2.24, 2.45) is 0 Å². The van der Waals surface area contributed by atoms with Gasteiger partial charge in [-0.05, 0) is 0 Å². The van der Waals surface area contributed by atoms with Gasteiger partial charge in [-0.3, -0.25) is 0 Å². The quantitative estimate of drug-likeness (QED) is 0.0602. The fourth-order valence-electron chi connectivity index (χ4n) is 0.864. The SMILES string of the molecule is O=P#CNCC(=O)[O-].O=P#CNCC(=O)[O-].O=P#CNCC(=O)[O-].O=P#CNCC(=O)[O-].O=P#CNCC(=O)[O-].O=P#CNCC(=O)[O-].[Mg+2].[Mg+2].[Mg+2]. The Morgan fingerprint density at radius 1 is 0.314 bits per heavy atom. The van der Waals surface area contributed by atoms with E-state index in [1.54, 1.807) is 0 Å². The molecule has 0 aliphatic heterocycles. The van der Waals surface area contributed by atoms with E-state index in [1.807, 2.05) is 34.5 Å². The largest absolute Gasteiger partial charge is 2.00 e. The average Bonchev–Trinajstić information content (AvgIpc) is 2.99. The van der Waals surface area contributed by atoms with Crippen LogP contribution in [0.1, 0.15) is 0 Å². The van der Waals surface area contributed by atoms with Crippen molar-refractivity contribution in [1.82, 2.24) is 31.9 Å². The van der Waals surface area contributed by atoms with Crippen LogP contribution in [0.25, 0.3) is 0 Å². The van der Waals surface area contributed by atoms with E-state index in [9.17, 15) is 86.8 Å². The summed E-state index contributed by atoms with van der Waals surface area (Å²) >= 11 is 0. The number of carbonyl (C=O) groups excluding carboxylic acids is 6. The fourth-order valence-corrected chi connectivity index (χ4v) is 1.73. The van der Waals surface area contributed by atoms with Gasteiger partial charge in [0.25, 0.3) is 0 Å². The minimum Gasteiger partial charge on any atom is 2.00 e. The molecule has 33 heteroatoms. The van der Waals surface area contributed by atoms with E-state index in [0.29, 0.717) is 0 Å². The molecule has 0 aromatic carbocycles. The second kappa shape index (κ2) is 67.1. The van der Waals surface area contributed by atoms with Crippen molar-refractivity contribution in [3.63, 3.8) is 0 Å². The van der Waals surface area contributed by atoms with Crippen LogP contribution in [0.3, 0.4) is 0 Å². The van der Waals surface area contributed by atoms with E-state index in [0.717, 1.165) is 0 Å². The zero-order valence-electron chi connectivity index (χ0n) is 25.4. The predicted octanol–water partition coefficient (Wildman–Crippen LogP) is -9.94. The van der Waals surface area contributed by atoms with Gasteiger partial charge in [0.15, 0.2) is 0 Å². The number of nitrogens with one attached hydrogen (secondary N) is 6. The van der Waals surface area contributed by atoms with Crippen LogP contribution >= 0.6 is 47.5 Å². The second-order valence-corrected chi connectivity index (χ2v) is 8.01. The number of hydrogen-bond donors (Lipinski definition) is 6. The second-order valence-electron chi connectivity index (χ2n) is 5.57. The van der Waals surface area contributed by atoms with Gasteiger partial charge in [0.2, 0.25) is 0 Å². The first-order valence-electron chi connectivity index (χ1n) is 10.6. The Morgan fingerprint density at radius 3 is 0.471 bits per heavy atom. The van der Waals surface area contributed by atoms with Crippen LogP contribution in [-0.2, 0) is 56.2 Å². The van der Waals surface area contributed by atoms with E-state index < -0.39 is 35.8 Å². The van der Waals surface area contributed by atoms with Crippen LogP contribution in [0.15, 0.2) is 0 Å². The minimum atomic E-state index is -1.25. The zero-order valence-corrected chi connectivity index (χ0v) is 35.0. The maximum Gasteiger partial charge on any atom is 2.00 e. The molecule has 0 saturated heterocycles. The molecule has 264 valence electrons. The van der Waals surface area contributed by atoms with E-state index in [-0.39, 0.29) is 156 Å². The van der Waals surface area contributed by atoms with E-state index >= 15 is 0 Å². The van der Waals surface area contributed by atoms with Gasteiger partial charge in [-0.25, -0.2) is 0 Å². The Bertz CT molecular complexity index is 1360. The third-order valence-corrected chi connectivity index (χ3v) is 3.64. The fraction of sp³-hybridized carbons (Fsp3) is 0.333. The molecule has 0 aromatic rings. The van der Waals surface area contributed by atoms with Crippen LogP contribution < -0.4 is 62.5 Å². The Kier molecular flexibility index (Phi) is 93.9. The molecule has 6 N–H and O–H groups in total. The number of carboxylic acid groups (broad SMARTS) is 6. The molecule has 0 bridgehead atoms. The van der Waals surface area contributed by atoms with Crippen molar-refractivity contribution in [3.8, 4) is 34.5 Å². The summed E-state index contributed by atoms with van der Waals surface area (Å²) in [6.45, 7) is -2.11. The van der Waals surface area contributed by atoms with Gasteiger partial charge < -0.3 is 0 Å². The summed E-state index contributed by atoms with van der Waals surface area (Å²) in [6.07, 6.45) is 0. The predicted molar refractivity (Wildman–Crippen MR) is 164 cm³/mol. The van der Waals surface area contributed by atoms with Crippen molar-refractivity contribution < 1.29 is 86.8 Å². The van der Waals surface area contributed by atoms with Crippen molar-refractivity contribution in [2.45, 2.75) is 0 Å². The maximum absolute atomic E-state index is 9.56. The van der Waals surface area contributed by atoms with E-state index in [4.69, 9.17) is 0 Å². The summed E-state index contributed by atoms with van der Waals surface area (Å²) in [5.74, 6) is 4.66. The first-order chi connectivity index (χ1) is 22.6. The summed E-state index contributed by atoms with van der Waals surface area (Å²) in [4.78, 5) is 57.3. The molecule has 0 radical (unpaired) electrons. The molecule has 0 unspecified atom stereocenters. The standard InChI is InChI=1S/6C3H4NO3P.3Mg/c6*5-3(6)1-4-2-8-7;;;/h6*4H,1H2,(H,5,6);;;/q;;;;;;3*+2/p-6. The molecule has 51 heavy (non-hydrogen) atoms. The Balaban J connectivity index is -0.0000000586. The molecule has 0 rings (SSSR count). The molecule has 0 saturated carbocycles. The summed E-state index contributed by atoms with van der Waals surface area (Å²) < 4.78 is 57.0. The number of aliphatic carboxylic acids is 6. The number of rotatable bonds is 12. The molecular weight excluding hydrogens is 847 g/mol. The van der Waals surface area contributed by atoms with Crippen LogP contribution in [0.4, 0.5) is 0 Å². The average molecular weight is 865 g/mol. The van der Waals surface area contributed by atoms with Crippen molar-refractivity contribution >= 4 is 152 Å². The van der Waals surface area contributed by atoms with E-state index in [2.05, 4.69) is 31.9 Å². The Labute approximate surface area is 342 Å². The minimum absolute atomic E-state index is 0. The monoisotopic (exact) mass is 864 g/mol. The van der Waals surface area contributed by atoms with Gasteiger partial charge in [0, 0.05) is 0 Å². The molecule has 0 atom stereocenters. The van der Waals surface area contributed by atoms with Gasteiger partial charge in [0.05, 0.1) is 0 Å². The molecular formula is C18H18Mg3N6O18P6. The van der Waals surface area contributed by atoms with Crippen LogP contribution in [0.2, 0.25) is 0 Å². The number of hydrogen-bond acceptors (Lipinski definition) is 24. The van der Waals surface area contributed by atoms with Gasteiger partial charge >= 0.3 is 345 Å². The van der Waals surface area contributed by atoms with Gasteiger partial charge in [-0.15, -0.1) is 0 Å². The van der Waals surface area contributed by atoms with Crippen molar-refractivity contribution in [3.05, 3.63) is 0 Å². The van der Waals surface area contributed by atoms with Gasteiger partial charge in [-0.2, -0.15) is 0 Å². The molecule has 0 fully saturated rings. The van der Waals surface area contributed by atoms with E-state index in [1.165, 1.54) is 0 Å². The molecule has 0 amide bonds. The van der Waals surface area contributed by atoms with Crippen LogP contribution in [-0.4, -0.2) is 144 Å². The topological polar surface area (TPSA) is 415 Å². The summed E-state index contributed by atoms with van der Waals surface area (Å²) in [5.41, 5.74) is 0. The maximum atomic E-state index is 9.56. The Morgan fingerprint density at radius 2 is 0.412 bits per heavy atom. The Hall–Kier alpha value is -1.06. The molecule has 24 nitrogen and oxygen atoms in total. The number of carboxylic acids is 6. The molecule has 0 aliphatic carbocycles. The van der Waals surface area contributed by atoms with Crippen molar-refractivity contribution in [1.29, 1.82) is 0 Å². The molecule has 0 aliphatic rings. The van der Waals surface area contributed by atoms with Gasteiger partial charge in [-0.1, -0.05) is 0 Å². The van der Waals surface area contributed by atoms with Gasteiger partial charge in [0.1, 0.15) is 0 Å². The normalized spacial score (nSPS) is 7.06. The van der Waals surface area contributed by atoms with Crippen LogP contribution in [0, 0.1) is 34.5 Å². The molecule has 0 heterocycles. The summed E-state index contributed by atoms with van der Waals surface area (Å²) in [6, 6.07) is 0. The number of carbonyl (C=O) groups is 6. The van der Waals surface area contributed by atoms with Crippen LogP contribution in [0.5, 0.6) is 0 Å². The smallest absolute Gasteiger partial charge is 2.00 e. The third kappa shape index (κ3) is 129. The van der Waals surface area contributed by atoms with Crippen molar-refractivity contribution in [2.75, 3.05) is 39.3 Å².